The Morgan fingerprint density at radius 1 is 1.31 bits per heavy atom. The second kappa shape index (κ2) is 7.09. The molecule has 0 saturated carbocycles. The van der Waals surface area contributed by atoms with Gasteiger partial charge in [-0.2, -0.15) is 0 Å². The highest BCUT2D eigenvalue weighted by molar-refractivity contribution is 9.10. The Morgan fingerprint density at radius 3 is 3.04 bits per heavy atom. The van der Waals surface area contributed by atoms with Gasteiger partial charge in [0, 0.05) is 21.8 Å². The maximum atomic E-state index is 12.6. The molecule has 0 aliphatic carbocycles. The van der Waals surface area contributed by atoms with Crippen LogP contribution in [0.3, 0.4) is 0 Å². The molecular formula is C19H15BrN2O3S. The Morgan fingerprint density at radius 2 is 2.19 bits per heavy atom. The lowest BCUT2D eigenvalue weighted by Crippen LogP contribution is -2.12. The number of nitrogens with zero attached hydrogens (tertiary/aromatic N) is 1. The Bertz CT molecular complexity index is 987. The van der Waals surface area contributed by atoms with Crippen LogP contribution in [0.4, 0.5) is 5.13 Å². The fraction of sp³-hybridized carbons (Fsp3) is 0.158. The lowest BCUT2D eigenvalue weighted by molar-refractivity contribution is 0.102. The number of rotatable bonds is 4. The Balaban J connectivity index is 1.54. The predicted octanol–water partition coefficient (Wildman–Crippen LogP) is 4.77. The SMILES string of the molecule is COc1ccc(Br)c(C(=O)Nc2nc(-c3ccc4c(c3)CCO4)cs2)c1. The molecule has 2 aromatic carbocycles. The summed E-state index contributed by atoms with van der Waals surface area (Å²) in [4.78, 5) is 17.1. The van der Waals surface area contributed by atoms with Gasteiger partial charge in [0.25, 0.3) is 5.91 Å². The first kappa shape index (κ1) is 17.1. The van der Waals surface area contributed by atoms with E-state index in [2.05, 4.69) is 32.3 Å². The van der Waals surface area contributed by atoms with Crippen LogP contribution < -0.4 is 14.8 Å². The third-order valence-corrected chi connectivity index (χ3v) is 5.58. The highest BCUT2D eigenvalue weighted by Gasteiger charge is 2.16. The second-order valence-corrected chi connectivity index (χ2v) is 7.47. The number of hydrogen-bond donors (Lipinski definition) is 1. The van der Waals surface area contributed by atoms with E-state index in [0.717, 1.165) is 30.0 Å². The van der Waals surface area contributed by atoms with E-state index >= 15 is 0 Å². The summed E-state index contributed by atoms with van der Waals surface area (Å²) >= 11 is 4.79. The second-order valence-electron chi connectivity index (χ2n) is 5.76. The molecule has 0 saturated heterocycles. The first-order chi connectivity index (χ1) is 12.6. The number of thiazole rings is 1. The number of aromatic nitrogens is 1. The molecule has 132 valence electrons. The number of amides is 1. The molecule has 1 amide bonds. The van der Waals surface area contributed by atoms with Crippen LogP contribution in [0.5, 0.6) is 11.5 Å². The summed E-state index contributed by atoms with van der Waals surface area (Å²) in [5.74, 6) is 1.33. The van der Waals surface area contributed by atoms with Crippen LogP contribution in [0.2, 0.25) is 0 Å². The number of anilines is 1. The lowest BCUT2D eigenvalue weighted by Gasteiger charge is -2.07. The Labute approximate surface area is 163 Å². The minimum Gasteiger partial charge on any atom is -0.497 e. The summed E-state index contributed by atoms with van der Waals surface area (Å²) in [5, 5.41) is 5.34. The first-order valence-corrected chi connectivity index (χ1v) is 9.68. The van der Waals surface area contributed by atoms with Crippen molar-refractivity contribution in [2.75, 3.05) is 19.0 Å². The lowest BCUT2D eigenvalue weighted by atomic mass is 10.1. The summed E-state index contributed by atoms with van der Waals surface area (Å²) in [6.07, 6.45) is 0.917. The highest BCUT2D eigenvalue weighted by atomic mass is 79.9. The van der Waals surface area contributed by atoms with Gasteiger partial charge in [-0.1, -0.05) is 0 Å². The average molecular weight is 431 g/mol. The van der Waals surface area contributed by atoms with E-state index in [1.165, 1.54) is 16.9 Å². The molecule has 3 aromatic rings. The fourth-order valence-electron chi connectivity index (χ4n) is 2.78. The maximum absolute atomic E-state index is 12.6. The molecule has 7 heteroatoms. The van der Waals surface area contributed by atoms with Crippen molar-refractivity contribution in [3.8, 4) is 22.8 Å². The number of methoxy groups -OCH3 is 1. The van der Waals surface area contributed by atoms with Gasteiger partial charge in [0.1, 0.15) is 11.5 Å². The standard InChI is InChI=1S/C19H15BrN2O3S/c1-24-13-3-4-15(20)14(9-13)18(23)22-19-21-16(10-26-19)11-2-5-17-12(8-11)6-7-25-17/h2-5,8-10H,6-7H2,1H3,(H,21,22,23). The summed E-state index contributed by atoms with van der Waals surface area (Å²) in [5.41, 5.74) is 3.55. The molecule has 0 fully saturated rings. The van der Waals surface area contributed by atoms with Gasteiger partial charge in [0.2, 0.25) is 0 Å². The number of carbonyl (C=O) groups is 1. The van der Waals surface area contributed by atoms with Crippen molar-refractivity contribution in [1.82, 2.24) is 4.98 Å². The Kier molecular flexibility index (Phi) is 4.65. The normalized spacial score (nSPS) is 12.4. The van der Waals surface area contributed by atoms with Crippen LogP contribution >= 0.6 is 27.3 Å². The molecular weight excluding hydrogens is 416 g/mol. The van der Waals surface area contributed by atoms with Gasteiger partial charge < -0.3 is 9.47 Å². The van der Waals surface area contributed by atoms with E-state index in [9.17, 15) is 4.79 Å². The van der Waals surface area contributed by atoms with Crippen LogP contribution in [-0.2, 0) is 6.42 Å². The highest BCUT2D eigenvalue weighted by Crippen LogP contribution is 2.32. The number of halogens is 1. The minimum absolute atomic E-state index is 0.237. The summed E-state index contributed by atoms with van der Waals surface area (Å²) in [6.45, 7) is 0.729. The number of nitrogens with one attached hydrogen (secondary N) is 1. The summed E-state index contributed by atoms with van der Waals surface area (Å²) in [7, 11) is 1.57. The van der Waals surface area contributed by atoms with E-state index in [4.69, 9.17) is 9.47 Å². The number of carbonyl (C=O) groups excluding carboxylic acids is 1. The van der Waals surface area contributed by atoms with Gasteiger partial charge in [-0.25, -0.2) is 4.98 Å². The third kappa shape index (κ3) is 3.32. The van der Waals surface area contributed by atoms with Crippen LogP contribution in [0, 0.1) is 0 Å². The number of benzene rings is 2. The molecule has 26 heavy (non-hydrogen) atoms. The van der Waals surface area contributed by atoms with E-state index in [1.807, 2.05) is 17.5 Å². The van der Waals surface area contributed by atoms with Crippen molar-refractivity contribution in [2.45, 2.75) is 6.42 Å². The largest absolute Gasteiger partial charge is 0.497 e. The van der Waals surface area contributed by atoms with Crippen molar-refractivity contribution >= 4 is 38.3 Å². The molecule has 1 aromatic heterocycles. The van der Waals surface area contributed by atoms with Gasteiger partial charge in [0.15, 0.2) is 5.13 Å². The van der Waals surface area contributed by atoms with E-state index in [0.29, 0.717) is 20.9 Å². The van der Waals surface area contributed by atoms with Gasteiger partial charge in [-0.05, 0) is 57.9 Å². The average Bonchev–Trinajstić information content (AvgIpc) is 3.30. The molecule has 1 N–H and O–H groups in total. The molecule has 1 aliphatic rings. The zero-order valence-electron chi connectivity index (χ0n) is 13.9. The number of hydrogen-bond acceptors (Lipinski definition) is 5. The first-order valence-electron chi connectivity index (χ1n) is 8.00. The maximum Gasteiger partial charge on any atom is 0.258 e. The summed E-state index contributed by atoms with van der Waals surface area (Å²) in [6, 6.07) is 11.3. The van der Waals surface area contributed by atoms with Gasteiger partial charge >= 0.3 is 0 Å². The van der Waals surface area contributed by atoms with Crippen LogP contribution in [0.25, 0.3) is 11.3 Å². The quantitative estimate of drug-likeness (QED) is 0.647. The predicted molar refractivity (Wildman–Crippen MR) is 105 cm³/mol. The molecule has 0 atom stereocenters. The van der Waals surface area contributed by atoms with Crippen LogP contribution in [0.15, 0.2) is 46.3 Å². The van der Waals surface area contributed by atoms with Crippen molar-refractivity contribution in [3.05, 3.63) is 57.4 Å². The minimum atomic E-state index is -0.237. The van der Waals surface area contributed by atoms with Crippen molar-refractivity contribution < 1.29 is 14.3 Å². The van der Waals surface area contributed by atoms with E-state index in [-0.39, 0.29) is 5.91 Å². The van der Waals surface area contributed by atoms with Crippen molar-refractivity contribution in [2.24, 2.45) is 0 Å². The van der Waals surface area contributed by atoms with Crippen molar-refractivity contribution in [1.29, 1.82) is 0 Å². The number of fused-ring (bicyclic) bond motifs is 1. The van der Waals surface area contributed by atoms with Gasteiger partial charge in [-0.3, -0.25) is 10.1 Å². The van der Waals surface area contributed by atoms with Crippen LogP contribution in [0.1, 0.15) is 15.9 Å². The molecule has 0 spiro atoms. The number of ether oxygens (including phenoxy) is 2. The molecule has 0 bridgehead atoms. The topological polar surface area (TPSA) is 60.5 Å². The molecule has 2 heterocycles. The Hall–Kier alpha value is -2.38. The van der Waals surface area contributed by atoms with E-state index < -0.39 is 0 Å². The van der Waals surface area contributed by atoms with Crippen molar-refractivity contribution in [3.63, 3.8) is 0 Å². The zero-order valence-corrected chi connectivity index (χ0v) is 16.3. The van der Waals surface area contributed by atoms with Gasteiger partial charge in [-0.15, -0.1) is 11.3 Å². The monoisotopic (exact) mass is 430 g/mol. The summed E-state index contributed by atoms with van der Waals surface area (Å²) < 4.78 is 11.4. The third-order valence-electron chi connectivity index (χ3n) is 4.13. The molecule has 0 unspecified atom stereocenters. The molecule has 4 rings (SSSR count). The molecule has 0 radical (unpaired) electrons. The molecule has 5 nitrogen and oxygen atoms in total. The zero-order chi connectivity index (χ0) is 18.1. The smallest absolute Gasteiger partial charge is 0.258 e. The van der Waals surface area contributed by atoms with Crippen LogP contribution in [-0.4, -0.2) is 24.6 Å². The van der Waals surface area contributed by atoms with Gasteiger partial charge in [0.05, 0.1) is 25.0 Å². The fourth-order valence-corrected chi connectivity index (χ4v) is 3.92. The molecule has 1 aliphatic heterocycles. The van der Waals surface area contributed by atoms with E-state index in [1.54, 1.807) is 25.3 Å².